The summed E-state index contributed by atoms with van der Waals surface area (Å²) in [4.78, 5) is 8.76. The molecule has 0 atom stereocenters. The molecule has 0 aromatic carbocycles. The fourth-order valence-corrected chi connectivity index (χ4v) is 1.84. The average molecular weight is 280 g/mol. The zero-order valence-electron chi connectivity index (χ0n) is 13.6. The Morgan fingerprint density at radius 1 is 1.20 bits per heavy atom. The predicted octanol–water partition coefficient (Wildman–Crippen LogP) is 3.26. The summed E-state index contributed by atoms with van der Waals surface area (Å²) in [7, 11) is 1.72. The van der Waals surface area contributed by atoms with E-state index in [1.807, 2.05) is 13.8 Å². The fourth-order valence-electron chi connectivity index (χ4n) is 1.84. The lowest BCUT2D eigenvalue weighted by atomic mass is 10.0. The van der Waals surface area contributed by atoms with Crippen LogP contribution in [0.3, 0.4) is 0 Å². The Balaban J connectivity index is 2.94. The van der Waals surface area contributed by atoms with Crippen LogP contribution in [0.2, 0.25) is 0 Å². The number of nitrogens with one attached hydrogen (secondary N) is 2. The highest BCUT2D eigenvalue weighted by Gasteiger charge is 2.19. The molecule has 0 bridgehead atoms. The van der Waals surface area contributed by atoms with Crippen LogP contribution >= 0.6 is 0 Å². The molecule has 5 heteroatoms. The summed E-state index contributed by atoms with van der Waals surface area (Å²) in [5, 5.41) is 6.76. The summed E-state index contributed by atoms with van der Waals surface area (Å²) in [5.74, 6) is 2.16. The predicted molar refractivity (Wildman–Crippen MR) is 84.5 cm³/mol. The summed E-state index contributed by atoms with van der Waals surface area (Å²) < 4.78 is 5.43. The van der Waals surface area contributed by atoms with Crippen LogP contribution in [-0.2, 0) is 4.74 Å². The zero-order valence-corrected chi connectivity index (χ0v) is 13.6. The third kappa shape index (κ3) is 4.63. The Hall–Kier alpha value is -1.36. The van der Waals surface area contributed by atoms with Gasteiger partial charge in [0.1, 0.15) is 18.0 Å². The summed E-state index contributed by atoms with van der Waals surface area (Å²) in [6.45, 7) is 12.2. The molecular weight excluding hydrogens is 252 g/mol. The van der Waals surface area contributed by atoms with E-state index < -0.39 is 0 Å². The van der Waals surface area contributed by atoms with Crippen LogP contribution in [0.25, 0.3) is 0 Å². The number of anilines is 2. The van der Waals surface area contributed by atoms with Crippen LogP contribution in [0, 0.1) is 0 Å². The number of hydrogen-bond acceptors (Lipinski definition) is 5. The Bertz CT molecular complexity index is 418. The van der Waals surface area contributed by atoms with E-state index in [4.69, 9.17) is 4.74 Å². The number of nitrogens with zero attached hydrogens (tertiary/aromatic N) is 2. The van der Waals surface area contributed by atoms with Crippen molar-refractivity contribution in [3.8, 4) is 0 Å². The second-order valence-corrected chi connectivity index (χ2v) is 5.88. The van der Waals surface area contributed by atoms with Crippen molar-refractivity contribution >= 4 is 11.6 Å². The van der Waals surface area contributed by atoms with Gasteiger partial charge in [0.2, 0.25) is 0 Å². The molecule has 0 fully saturated rings. The first-order chi connectivity index (χ1) is 9.41. The smallest absolute Gasteiger partial charge is 0.135 e. The van der Waals surface area contributed by atoms with E-state index in [9.17, 15) is 0 Å². The van der Waals surface area contributed by atoms with Gasteiger partial charge in [-0.05, 0) is 26.2 Å². The van der Waals surface area contributed by atoms with Crippen molar-refractivity contribution in [3.63, 3.8) is 0 Å². The van der Waals surface area contributed by atoms with Gasteiger partial charge in [0.05, 0.1) is 5.60 Å². The van der Waals surface area contributed by atoms with Gasteiger partial charge in [0.15, 0.2) is 0 Å². The first-order valence-electron chi connectivity index (χ1n) is 7.29. The van der Waals surface area contributed by atoms with E-state index in [-0.39, 0.29) is 5.60 Å². The molecule has 114 valence electrons. The molecule has 1 aromatic heterocycles. The van der Waals surface area contributed by atoms with Gasteiger partial charge in [0.25, 0.3) is 0 Å². The summed E-state index contributed by atoms with van der Waals surface area (Å²) >= 11 is 0. The Morgan fingerprint density at radius 3 is 2.30 bits per heavy atom. The van der Waals surface area contributed by atoms with Gasteiger partial charge in [-0.2, -0.15) is 0 Å². The fraction of sp³-hybridized carbons (Fsp3) is 0.733. The summed E-state index contributed by atoms with van der Waals surface area (Å²) in [6, 6.07) is 0. The molecule has 0 unspecified atom stereocenters. The monoisotopic (exact) mass is 280 g/mol. The molecule has 0 amide bonds. The summed E-state index contributed by atoms with van der Waals surface area (Å²) in [6.07, 6.45) is 2.67. The third-order valence-electron chi connectivity index (χ3n) is 3.24. The Labute approximate surface area is 122 Å². The maximum atomic E-state index is 5.43. The molecule has 5 nitrogen and oxygen atoms in total. The first-order valence-corrected chi connectivity index (χ1v) is 7.29. The van der Waals surface area contributed by atoms with Crippen LogP contribution in [0.4, 0.5) is 11.6 Å². The van der Waals surface area contributed by atoms with E-state index in [0.29, 0.717) is 12.5 Å². The molecule has 20 heavy (non-hydrogen) atoms. The largest absolute Gasteiger partial charge is 0.377 e. The lowest BCUT2D eigenvalue weighted by molar-refractivity contribution is 0.0343. The second-order valence-electron chi connectivity index (χ2n) is 5.88. The van der Waals surface area contributed by atoms with Gasteiger partial charge >= 0.3 is 0 Å². The summed E-state index contributed by atoms with van der Waals surface area (Å²) in [5.41, 5.74) is 0.906. The Kier molecular flexibility index (Phi) is 6.20. The maximum absolute atomic E-state index is 5.43. The van der Waals surface area contributed by atoms with Crippen molar-refractivity contribution in [2.75, 3.05) is 30.8 Å². The SMILES string of the molecule is CCCNc1ncnc(NCC(C)(C)OC)c1C(C)C. The molecule has 0 aliphatic rings. The van der Waals surface area contributed by atoms with Crippen molar-refractivity contribution < 1.29 is 4.74 Å². The van der Waals surface area contributed by atoms with E-state index in [2.05, 4.69) is 41.4 Å². The highest BCUT2D eigenvalue weighted by Crippen LogP contribution is 2.28. The highest BCUT2D eigenvalue weighted by molar-refractivity contribution is 5.59. The van der Waals surface area contributed by atoms with Crippen LogP contribution in [0.5, 0.6) is 0 Å². The molecule has 0 aliphatic heterocycles. The van der Waals surface area contributed by atoms with Gasteiger partial charge in [-0.15, -0.1) is 0 Å². The van der Waals surface area contributed by atoms with Crippen LogP contribution < -0.4 is 10.6 Å². The minimum Gasteiger partial charge on any atom is -0.377 e. The molecule has 0 saturated heterocycles. The van der Waals surface area contributed by atoms with E-state index in [1.165, 1.54) is 0 Å². The van der Waals surface area contributed by atoms with Crippen molar-refractivity contribution in [1.29, 1.82) is 0 Å². The molecule has 0 aliphatic carbocycles. The number of aromatic nitrogens is 2. The van der Waals surface area contributed by atoms with E-state index in [1.54, 1.807) is 13.4 Å². The molecule has 2 N–H and O–H groups in total. The van der Waals surface area contributed by atoms with Gasteiger partial charge < -0.3 is 15.4 Å². The van der Waals surface area contributed by atoms with Gasteiger partial charge in [-0.25, -0.2) is 9.97 Å². The number of hydrogen-bond donors (Lipinski definition) is 2. The van der Waals surface area contributed by atoms with Crippen LogP contribution in [-0.4, -0.2) is 35.8 Å². The minimum atomic E-state index is -0.226. The first kappa shape index (κ1) is 16.7. The van der Waals surface area contributed by atoms with E-state index in [0.717, 1.165) is 30.2 Å². The molecule has 1 heterocycles. The van der Waals surface area contributed by atoms with Gasteiger partial charge in [0, 0.05) is 25.8 Å². The third-order valence-corrected chi connectivity index (χ3v) is 3.24. The van der Waals surface area contributed by atoms with Crippen molar-refractivity contribution in [1.82, 2.24) is 9.97 Å². The quantitative estimate of drug-likeness (QED) is 0.765. The zero-order chi connectivity index (χ0) is 15.2. The topological polar surface area (TPSA) is 59.1 Å². The van der Waals surface area contributed by atoms with Gasteiger partial charge in [-0.3, -0.25) is 0 Å². The minimum absolute atomic E-state index is 0.226. The highest BCUT2D eigenvalue weighted by atomic mass is 16.5. The molecule has 0 spiro atoms. The standard InChI is InChI=1S/C15H28N4O/c1-7-8-16-13-12(11(2)3)14(19-10-18-13)17-9-15(4,5)20-6/h10-11H,7-9H2,1-6H3,(H2,16,17,18,19). The van der Waals surface area contributed by atoms with E-state index >= 15 is 0 Å². The Morgan fingerprint density at radius 2 is 1.80 bits per heavy atom. The number of methoxy groups -OCH3 is 1. The molecular formula is C15H28N4O. The second kappa shape index (κ2) is 7.43. The lowest BCUT2D eigenvalue weighted by Gasteiger charge is -2.25. The van der Waals surface area contributed by atoms with Crippen molar-refractivity contribution in [3.05, 3.63) is 11.9 Å². The van der Waals surface area contributed by atoms with Crippen LogP contribution in [0.1, 0.15) is 52.5 Å². The molecule has 0 radical (unpaired) electrons. The van der Waals surface area contributed by atoms with Crippen LogP contribution in [0.15, 0.2) is 6.33 Å². The number of rotatable bonds is 8. The molecule has 1 rings (SSSR count). The van der Waals surface area contributed by atoms with Gasteiger partial charge in [-0.1, -0.05) is 20.8 Å². The maximum Gasteiger partial charge on any atom is 0.135 e. The normalized spacial score (nSPS) is 11.8. The number of ether oxygens (including phenoxy) is 1. The molecule has 0 saturated carbocycles. The molecule has 1 aromatic rings. The van der Waals surface area contributed by atoms with Crippen molar-refractivity contribution in [2.24, 2.45) is 0 Å². The average Bonchev–Trinajstić information content (AvgIpc) is 2.42. The lowest BCUT2D eigenvalue weighted by Crippen LogP contribution is -2.32. The van der Waals surface area contributed by atoms with Crippen molar-refractivity contribution in [2.45, 2.75) is 52.6 Å².